The van der Waals surface area contributed by atoms with Crippen LogP contribution in [0.4, 0.5) is 5.69 Å². The van der Waals surface area contributed by atoms with E-state index >= 15 is 0 Å². The number of aromatic nitrogens is 2. The maximum atomic E-state index is 11.7. The molecule has 0 aliphatic carbocycles. The number of hydrogen-bond donors (Lipinski definition) is 1. The van der Waals surface area contributed by atoms with Crippen LogP contribution in [-0.2, 0) is 16.1 Å². The number of carbonyl (C=O) groups excluding carboxylic acids is 1. The van der Waals surface area contributed by atoms with Gasteiger partial charge in [0.2, 0.25) is 5.91 Å². The molecule has 1 aliphatic heterocycles. The van der Waals surface area contributed by atoms with Crippen molar-refractivity contribution >= 4 is 11.6 Å². The number of aryl methyl sites for hydroxylation is 1. The van der Waals surface area contributed by atoms with Crippen molar-refractivity contribution in [2.45, 2.75) is 26.4 Å². The number of nitrogens with zero attached hydrogens (tertiary/aromatic N) is 3. The lowest BCUT2D eigenvalue weighted by molar-refractivity contribution is -0.386. The third kappa shape index (κ3) is 2.33. The fraction of sp³-hybridized carbons (Fsp3) is 0.600. The lowest BCUT2D eigenvalue weighted by atomic mass is 10.2. The van der Waals surface area contributed by atoms with Crippen LogP contribution in [-0.4, -0.2) is 39.9 Å². The van der Waals surface area contributed by atoms with Crippen LogP contribution in [0.3, 0.4) is 0 Å². The average molecular weight is 254 g/mol. The number of nitrogens with one attached hydrogen (secondary N) is 1. The Morgan fingerprint density at radius 3 is 2.72 bits per heavy atom. The minimum absolute atomic E-state index is 0.0169. The molecule has 0 saturated carbocycles. The van der Waals surface area contributed by atoms with E-state index < -0.39 is 4.92 Å². The predicted molar refractivity (Wildman–Crippen MR) is 61.1 cm³/mol. The highest BCUT2D eigenvalue weighted by Crippen LogP contribution is 2.21. The summed E-state index contributed by atoms with van der Waals surface area (Å²) in [5, 5.41) is 17.6. The van der Waals surface area contributed by atoms with Crippen molar-refractivity contribution < 1.29 is 14.5 Å². The molecule has 1 saturated heterocycles. The first kappa shape index (κ1) is 12.5. The van der Waals surface area contributed by atoms with Crippen molar-refractivity contribution in [1.82, 2.24) is 15.1 Å². The number of amides is 1. The van der Waals surface area contributed by atoms with Gasteiger partial charge < -0.3 is 10.1 Å². The first-order valence-corrected chi connectivity index (χ1v) is 5.54. The van der Waals surface area contributed by atoms with Gasteiger partial charge >= 0.3 is 5.69 Å². The largest absolute Gasteiger partial charge is 0.377 e. The molecule has 1 aliphatic rings. The second-order valence-corrected chi connectivity index (χ2v) is 4.24. The summed E-state index contributed by atoms with van der Waals surface area (Å²) in [6.45, 7) is 4.15. The Bertz CT molecular complexity index is 492. The first-order chi connectivity index (χ1) is 8.49. The number of rotatable bonds is 4. The van der Waals surface area contributed by atoms with Gasteiger partial charge in [0.15, 0.2) is 0 Å². The maximum Gasteiger partial charge on any atom is 0.312 e. The van der Waals surface area contributed by atoms with Gasteiger partial charge in [-0.3, -0.25) is 19.6 Å². The molecule has 8 heteroatoms. The van der Waals surface area contributed by atoms with Gasteiger partial charge in [0, 0.05) is 0 Å². The van der Waals surface area contributed by atoms with E-state index in [1.807, 2.05) is 0 Å². The van der Waals surface area contributed by atoms with Crippen LogP contribution in [0.1, 0.15) is 11.4 Å². The second kappa shape index (κ2) is 4.73. The molecule has 1 fully saturated rings. The maximum absolute atomic E-state index is 11.7. The van der Waals surface area contributed by atoms with E-state index in [0.29, 0.717) is 24.6 Å². The molecule has 2 heterocycles. The number of hydrogen-bond acceptors (Lipinski definition) is 5. The summed E-state index contributed by atoms with van der Waals surface area (Å²) in [4.78, 5) is 22.0. The predicted octanol–water partition coefficient (Wildman–Crippen LogP) is -0.0769. The molecule has 1 aromatic rings. The monoisotopic (exact) mass is 254 g/mol. The van der Waals surface area contributed by atoms with Crippen LogP contribution in [0.15, 0.2) is 0 Å². The molecule has 18 heavy (non-hydrogen) atoms. The van der Waals surface area contributed by atoms with Crippen molar-refractivity contribution in [2.75, 3.05) is 13.2 Å². The molecule has 0 aromatic carbocycles. The van der Waals surface area contributed by atoms with Crippen LogP contribution in [0.25, 0.3) is 0 Å². The number of nitro groups is 1. The summed E-state index contributed by atoms with van der Waals surface area (Å²) >= 11 is 0. The summed E-state index contributed by atoms with van der Waals surface area (Å²) in [5.74, 6) is -0.219. The molecule has 0 radical (unpaired) electrons. The van der Waals surface area contributed by atoms with Gasteiger partial charge in [-0.15, -0.1) is 0 Å². The van der Waals surface area contributed by atoms with Crippen LogP contribution in [0.2, 0.25) is 0 Å². The molecule has 1 aromatic heterocycles. The second-order valence-electron chi connectivity index (χ2n) is 4.24. The van der Waals surface area contributed by atoms with Gasteiger partial charge in [0.05, 0.1) is 24.2 Å². The van der Waals surface area contributed by atoms with E-state index in [4.69, 9.17) is 4.74 Å². The summed E-state index contributed by atoms with van der Waals surface area (Å²) in [5.41, 5.74) is 0.671. The van der Waals surface area contributed by atoms with E-state index in [9.17, 15) is 14.9 Å². The van der Waals surface area contributed by atoms with Crippen molar-refractivity contribution in [3.05, 3.63) is 21.5 Å². The summed E-state index contributed by atoms with van der Waals surface area (Å²) < 4.78 is 6.29. The van der Waals surface area contributed by atoms with Gasteiger partial charge in [-0.05, 0) is 13.8 Å². The zero-order valence-electron chi connectivity index (χ0n) is 10.2. The number of carbonyl (C=O) groups is 1. The zero-order valence-corrected chi connectivity index (χ0v) is 10.2. The van der Waals surface area contributed by atoms with Gasteiger partial charge in [-0.25, -0.2) is 0 Å². The molecule has 1 amide bonds. The molecule has 0 atom stereocenters. The minimum atomic E-state index is -0.480. The Labute approximate surface area is 103 Å². The molecule has 8 nitrogen and oxygen atoms in total. The summed E-state index contributed by atoms with van der Waals surface area (Å²) in [6, 6.07) is 0.0458. The van der Waals surface area contributed by atoms with Crippen LogP contribution in [0, 0.1) is 24.0 Å². The van der Waals surface area contributed by atoms with Gasteiger partial charge in [-0.1, -0.05) is 0 Å². The Morgan fingerprint density at radius 1 is 1.61 bits per heavy atom. The molecular weight excluding hydrogens is 240 g/mol. The molecular formula is C10H14N4O4. The molecule has 1 N–H and O–H groups in total. The molecule has 0 spiro atoms. The number of ether oxygens (including phenoxy) is 1. The standard InChI is InChI=1S/C10H14N4O4/c1-6-10(14(16)17)7(2)13(12-6)3-9(15)11-8-4-18-5-8/h8H,3-5H2,1-2H3,(H,11,15). The van der Waals surface area contributed by atoms with Crippen LogP contribution >= 0.6 is 0 Å². The zero-order chi connectivity index (χ0) is 13.3. The smallest absolute Gasteiger partial charge is 0.312 e. The van der Waals surface area contributed by atoms with E-state index in [1.54, 1.807) is 13.8 Å². The normalized spacial score (nSPS) is 15.2. The van der Waals surface area contributed by atoms with Crippen molar-refractivity contribution in [3.63, 3.8) is 0 Å². The quantitative estimate of drug-likeness (QED) is 0.598. The molecule has 0 unspecified atom stereocenters. The molecule has 2 rings (SSSR count). The summed E-state index contributed by atoms with van der Waals surface area (Å²) in [6.07, 6.45) is 0. The lowest BCUT2D eigenvalue weighted by Crippen LogP contribution is -2.49. The minimum Gasteiger partial charge on any atom is -0.377 e. The van der Waals surface area contributed by atoms with Crippen LogP contribution in [0.5, 0.6) is 0 Å². The van der Waals surface area contributed by atoms with E-state index in [1.165, 1.54) is 4.68 Å². The lowest BCUT2D eigenvalue weighted by Gasteiger charge is -2.26. The highest BCUT2D eigenvalue weighted by atomic mass is 16.6. The third-order valence-corrected chi connectivity index (χ3v) is 2.82. The third-order valence-electron chi connectivity index (χ3n) is 2.82. The molecule has 0 bridgehead atoms. The fourth-order valence-corrected chi connectivity index (χ4v) is 1.83. The Morgan fingerprint density at radius 2 is 2.28 bits per heavy atom. The Hall–Kier alpha value is -1.96. The summed E-state index contributed by atoms with van der Waals surface area (Å²) in [7, 11) is 0. The fourth-order valence-electron chi connectivity index (χ4n) is 1.83. The molecule has 98 valence electrons. The SMILES string of the molecule is Cc1nn(CC(=O)NC2COC2)c(C)c1[N+](=O)[O-]. The van der Waals surface area contributed by atoms with Crippen molar-refractivity contribution in [1.29, 1.82) is 0 Å². The average Bonchev–Trinajstić information content (AvgIpc) is 2.48. The van der Waals surface area contributed by atoms with E-state index in [-0.39, 0.29) is 24.2 Å². The van der Waals surface area contributed by atoms with Crippen molar-refractivity contribution in [3.8, 4) is 0 Å². The van der Waals surface area contributed by atoms with E-state index in [0.717, 1.165) is 0 Å². The Kier molecular flexibility index (Phi) is 3.28. The first-order valence-electron chi connectivity index (χ1n) is 5.54. The van der Waals surface area contributed by atoms with E-state index in [2.05, 4.69) is 10.4 Å². The highest BCUT2D eigenvalue weighted by Gasteiger charge is 2.24. The van der Waals surface area contributed by atoms with Crippen LogP contribution < -0.4 is 5.32 Å². The van der Waals surface area contributed by atoms with Gasteiger partial charge in [0.1, 0.15) is 17.9 Å². The van der Waals surface area contributed by atoms with Crippen molar-refractivity contribution in [2.24, 2.45) is 0 Å². The highest BCUT2D eigenvalue weighted by molar-refractivity contribution is 5.76. The topological polar surface area (TPSA) is 99.3 Å². The Balaban J connectivity index is 2.06. The van der Waals surface area contributed by atoms with Gasteiger partial charge in [-0.2, -0.15) is 5.10 Å². The van der Waals surface area contributed by atoms with Gasteiger partial charge in [0.25, 0.3) is 0 Å².